The number of aromatic nitrogens is 5. The normalized spacial score (nSPS) is 15.4. The van der Waals surface area contributed by atoms with Crippen molar-refractivity contribution in [1.82, 2.24) is 29.8 Å². The minimum absolute atomic E-state index is 0.125. The number of nitrogens with one attached hydrogen (secondary N) is 3. The number of halogens is 1. The number of carbonyl (C=O) groups excluding carboxylic acids is 1. The van der Waals surface area contributed by atoms with Gasteiger partial charge in [-0.25, -0.2) is 19.9 Å². The van der Waals surface area contributed by atoms with E-state index in [4.69, 9.17) is 21.6 Å². The number of H-pyrrole nitrogens is 1. The van der Waals surface area contributed by atoms with E-state index in [1.807, 2.05) is 74.6 Å². The molecule has 0 unspecified atom stereocenters. The van der Waals surface area contributed by atoms with Crippen molar-refractivity contribution >= 4 is 56.8 Å². The molecular formula is C31H32ClN9O. The lowest BCUT2D eigenvalue weighted by Gasteiger charge is -2.20. The molecule has 3 aromatic heterocycles. The van der Waals surface area contributed by atoms with Crippen LogP contribution in [-0.2, 0) is 4.79 Å². The van der Waals surface area contributed by atoms with E-state index in [-0.39, 0.29) is 11.9 Å². The molecule has 42 heavy (non-hydrogen) atoms. The summed E-state index contributed by atoms with van der Waals surface area (Å²) in [5.41, 5.74) is 4.14. The van der Waals surface area contributed by atoms with Crippen LogP contribution in [0.3, 0.4) is 0 Å². The van der Waals surface area contributed by atoms with Crippen LogP contribution in [0.4, 0.5) is 17.5 Å². The third-order valence-electron chi connectivity index (χ3n) is 7.21. The molecule has 1 aliphatic heterocycles. The lowest BCUT2D eigenvalue weighted by molar-refractivity contribution is -0.111. The third kappa shape index (κ3) is 5.90. The Hall–Kier alpha value is -4.54. The molecule has 5 aromatic rings. The van der Waals surface area contributed by atoms with Crippen LogP contribution in [0.25, 0.3) is 33.1 Å². The lowest BCUT2D eigenvalue weighted by Crippen LogP contribution is -2.27. The number of hydrogen-bond acceptors (Lipinski definition) is 8. The van der Waals surface area contributed by atoms with Gasteiger partial charge in [0.15, 0.2) is 0 Å². The molecule has 0 bridgehead atoms. The van der Waals surface area contributed by atoms with Crippen molar-refractivity contribution in [2.75, 3.05) is 49.3 Å². The van der Waals surface area contributed by atoms with E-state index in [1.54, 1.807) is 12.3 Å². The summed E-state index contributed by atoms with van der Waals surface area (Å²) >= 11 is 6.53. The highest BCUT2D eigenvalue weighted by molar-refractivity contribution is 6.33. The molecule has 1 saturated heterocycles. The maximum Gasteiger partial charge on any atom is 0.248 e. The van der Waals surface area contributed by atoms with E-state index in [9.17, 15) is 4.79 Å². The molecular weight excluding hydrogens is 550 g/mol. The summed E-state index contributed by atoms with van der Waals surface area (Å²) in [6.45, 7) is 4.14. The topological polar surface area (TPSA) is 115 Å². The van der Waals surface area contributed by atoms with Gasteiger partial charge in [-0.2, -0.15) is 0 Å². The molecule has 0 aliphatic carbocycles. The van der Waals surface area contributed by atoms with Crippen LogP contribution >= 0.6 is 11.6 Å². The summed E-state index contributed by atoms with van der Waals surface area (Å²) in [6, 6.07) is 14.0. The zero-order chi connectivity index (χ0) is 29.2. The second kappa shape index (κ2) is 11.8. The monoisotopic (exact) mass is 581 g/mol. The smallest absolute Gasteiger partial charge is 0.248 e. The van der Waals surface area contributed by atoms with Gasteiger partial charge in [-0.05, 0) is 51.7 Å². The van der Waals surface area contributed by atoms with Crippen LogP contribution in [0.15, 0.2) is 67.0 Å². The van der Waals surface area contributed by atoms with Gasteiger partial charge in [0.05, 0.1) is 22.4 Å². The second-order valence-corrected chi connectivity index (χ2v) is 11.1. The minimum Gasteiger partial charge on any atom is -0.360 e. The van der Waals surface area contributed by atoms with E-state index in [2.05, 4.69) is 36.6 Å². The number of anilines is 3. The van der Waals surface area contributed by atoms with E-state index >= 15 is 0 Å². The number of carbonyl (C=O) groups is 1. The average molecular weight is 582 g/mol. The highest BCUT2D eigenvalue weighted by Gasteiger charge is 2.26. The second-order valence-electron chi connectivity index (χ2n) is 10.7. The Morgan fingerprint density at radius 3 is 2.88 bits per heavy atom. The Morgan fingerprint density at radius 1 is 1.17 bits per heavy atom. The number of amides is 1. The van der Waals surface area contributed by atoms with Gasteiger partial charge in [0, 0.05) is 65.5 Å². The number of aryl methyl sites for hydroxylation is 1. The lowest BCUT2D eigenvalue weighted by atomic mass is 10.1. The Balaban J connectivity index is 1.18. The summed E-state index contributed by atoms with van der Waals surface area (Å²) in [7, 11) is 3.91. The van der Waals surface area contributed by atoms with E-state index < -0.39 is 0 Å². The SMILES string of the molecule is Cc1nc(N2CC[C@@H](Nc3ncc(Cl)c(-c4c[nH]c5ccccc45)n3)C2)c2ccc(NC(=O)/C=C/CN(C)C)cc2n1. The molecule has 6 rings (SSSR count). The van der Waals surface area contributed by atoms with Crippen molar-refractivity contribution in [1.29, 1.82) is 0 Å². The quantitative estimate of drug-likeness (QED) is 0.212. The standard InChI is InChI=1S/C31H32ClN9O/c1-19-35-27-15-20(37-28(42)9-6-13-40(2)3)10-11-23(27)30(36-19)41-14-12-21(18-41)38-31-34-17-25(32)29(39-31)24-16-33-26-8-5-4-7-22(24)26/h4-11,15-17,21,33H,12-14,18H2,1-3H3,(H,37,42)(H,34,38,39)/b9-6+/t21-/m1/s1. The van der Waals surface area contributed by atoms with Gasteiger partial charge in [0.2, 0.25) is 11.9 Å². The molecule has 0 radical (unpaired) electrons. The summed E-state index contributed by atoms with van der Waals surface area (Å²) in [4.78, 5) is 38.6. The van der Waals surface area contributed by atoms with Gasteiger partial charge in [-0.15, -0.1) is 0 Å². The fourth-order valence-electron chi connectivity index (χ4n) is 5.25. The number of nitrogens with zero attached hydrogens (tertiary/aromatic N) is 6. The Labute approximate surface area is 248 Å². The zero-order valence-corrected chi connectivity index (χ0v) is 24.5. The molecule has 0 saturated carbocycles. The van der Waals surface area contributed by atoms with Crippen LogP contribution in [0.2, 0.25) is 5.02 Å². The number of aromatic amines is 1. The van der Waals surface area contributed by atoms with Crippen LogP contribution in [0.1, 0.15) is 12.2 Å². The number of benzene rings is 2. The summed E-state index contributed by atoms with van der Waals surface area (Å²) in [5, 5.41) is 8.93. The first-order valence-electron chi connectivity index (χ1n) is 13.9. The fourth-order valence-corrected chi connectivity index (χ4v) is 5.44. The number of fused-ring (bicyclic) bond motifs is 2. The molecule has 10 nitrogen and oxygen atoms in total. The van der Waals surface area contributed by atoms with Crippen LogP contribution in [0, 0.1) is 6.92 Å². The highest BCUT2D eigenvalue weighted by atomic mass is 35.5. The molecule has 1 fully saturated rings. The number of rotatable bonds is 8. The van der Waals surface area contributed by atoms with Gasteiger partial charge in [-0.3, -0.25) is 4.79 Å². The predicted octanol–water partition coefficient (Wildman–Crippen LogP) is 5.28. The molecule has 3 N–H and O–H groups in total. The number of likely N-dealkylation sites (N-methyl/N-ethyl adjacent to an activating group) is 1. The van der Waals surface area contributed by atoms with E-state index in [1.165, 1.54) is 0 Å². The fraction of sp³-hybridized carbons (Fsp3) is 0.258. The Kier molecular flexibility index (Phi) is 7.73. The molecule has 1 aliphatic rings. The average Bonchev–Trinajstić information content (AvgIpc) is 3.60. The van der Waals surface area contributed by atoms with Crippen LogP contribution < -0.4 is 15.5 Å². The summed E-state index contributed by atoms with van der Waals surface area (Å²) in [5.74, 6) is 1.91. The maximum atomic E-state index is 12.3. The zero-order valence-electron chi connectivity index (χ0n) is 23.7. The molecule has 11 heteroatoms. The van der Waals surface area contributed by atoms with E-state index in [0.29, 0.717) is 34.7 Å². The maximum absolute atomic E-state index is 12.3. The van der Waals surface area contributed by atoms with Crippen molar-refractivity contribution in [3.05, 3.63) is 77.9 Å². The Bertz CT molecular complexity index is 1800. The van der Waals surface area contributed by atoms with Crippen molar-refractivity contribution in [3.63, 3.8) is 0 Å². The first kappa shape index (κ1) is 27.6. The van der Waals surface area contributed by atoms with Crippen LogP contribution in [0.5, 0.6) is 0 Å². The van der Waals surface area contributed by atoms with Crippen molar-refractivity contribution in [2.24, 2.45) is 0 Å². The van der Waals surface area contributed by atoms with Gasteiger partial charge < -0.3 is 25.4 Å². The highest BCUT2D eigenvalue weighted by Crippen LogP contribution is 2.33. The molecule has 1 amide bonds. The number of para-hydroxylation sites is 1. The summed E-state index contributed by atoms with van der Waals surface area (Å²) < 4.78 is 0. The first-order chi connectivity index (χ1) is 20.3. The van der Waals surface area contributed by atoms with Crippen molar-refractivity contribution in [2.45, 2.75) is 19.4 Å². The molecule has 0 spiro atoms. The summed E-state index contributed by atoms with van der Waals surface area (Å²) in [6.07, 6.45) is 7.85. The Morgan fingerprint density at radius 2 is 2.02 bits per heavy atom. The van der Waals surface area contributed by atoms with E-state index in [0.717, 1.165) is 52.7 Å². The molecule has 214 valence electrons. The van der Waals surface area contributed by atoms with Gasteiger partial charge in [0.25, 0.3) is 0 Å². The first-order valence-corrected chi connectivity index (χ1v) is 14.2. The number of hydrogen-bond donors (Lipinski definition) is 3. The predicted molar refractivity (Wildman–Crippen MR) is 169 cm³/mol. The van der Waals surface area contributed by atoms with Gasteiger partial charge in [0.1, 0.15) is 11.6 Å². The molecule has 1 atom stereocenters. The largest absolute Gasteiger partial charge is 0.360 e. The van der Waals surface area contributed by atoms with Gasteiger partial charge >= 0.3 is 0 Å². The van der Waals surface area contributed by atoms with Crippen LogP contribution in [-0.4, -0.2) is 75.5 Å². The molecule has 2 aromatic carbocycles. The minimum atomic E-state index is -0.173. The van der Waals surface area contributed by atoms with Gasteiger partial charge in [-0.1, -0.05) is 35.9 Å². The molecule has 4 heterocycles. The van der Waals surface area contributed by atoms with Crippen molar-refractivity contribution < 1.29 is 4.79 Å². The van der Waals surface area contributed by atoms with Crippen molar-refractivity contribution in [3.8, 4) is 11.3 Å². The third-order valence-corrected chi connectivity index (χ3v) is 7.48.